The van der Waals surface area contributed by atoms with Gasteiger partial charge in [-0.1, -0.05) is 17.7 Å². The third-order valence-electron chi connectivity index (χ3n) is 2.62. The number of nitrogens with one attached hydrogen (secondary N) is 1. The molecule has 0 aliphatic carbocycles. The van der Waals surface area contributed by atoms with Crippen LogP contribution in [0, 0.1) is 5.82 Å². The predicted molar refractivity (Wildman–Crippen MR) is 75.9 cm³/mol. The van der Waals surface area contributed by atoms with Crippen LogP contribution in [0.25, 0.3) is 0 Å². The molecule has 0 spiro atoms. The summed E-state index contributed by atoms with van der Waals surface area (Å²) < 4.78 is 13.0. The molecule has 20 heavy (non-hydrogen) atoms. The molecule has 0 unspecified atom stereocenters. The van der Waals surface area contributed by atoms with Crippen molar-refractivity contribution in [2.45, 2.75) is 6.54 Å². The van der Waals surface area contributed by atoms with Gasteiger partial charge in [-0.15, -0.1) is 0 Å². The summed E-state index contributed by atoms with van der Waals surface area (Å²) in [6, 6.07) is 5.78. The number of hydrogen-bond acceptors (Lipinski definition) is 4. The lowest BCUT2D eigenvalue weighted by Gasteiger charge is -2.10. The number of nitrogen functional groups attached to an aromatic ring is 1. The summed E-state index contributed by atoms with van der Waals surface area (Å²) >= 11 is 5.69. The zero-order valence-corrected chi connectivity index (χ0v) is 11.1. The molecule has 0 bridgehead atoms. The molecule has 2 rings (SSSR count). The average molecular weight is 295 g/mol. The van der Waals surface area contributed by atoms with E-state index in [0.29, 0.717) is 18.1 Å². The average Bonchev–Trinajstić information content (AvgIpc) is 2.41. The monoisotopic (exact) mass is 294 g/mol. The summed E-state index contributed by atoms with van der Waals surface area (Å²) in [6.45, 7) is 0.317. The minimum atomic E-state index is -0.635. The third kappa shape index (κ3) is 3.16. The highest BCUT2D eigenvalue weighted by molar-refractivity contribution is 6.30. The van der Waals surface area contributed by atoms with Crippen LogP contribution in [0.15, 0.2) is 30.5 Å². The van der Waals surface area contributed by atoms with E-state index in [2.05, 4.69) is 10.3 Å². The lowest BCUT2D eigenvalue weighted by Crippen LogP contribution is -2.16. The molecule has 0 saturated carbocycles. The number of carbonyl (C=O) groups is 1. The Hall–Kier alpha value is -2.34. The quantitative estimate of drug-likeness (QED) is 0.805. The molecule has 1 heterocycles. The van der Waals surface area contributed by atoms with Crippen LogP contribution in [0.4, 0.5) is 15.9 Å². The fourth-order valence-electron chi connectivity index (χ4n) is 1.64. The molecule has 7 heteroatoms. The molecule has 104 valence electrons. The molecule has 0 saturated heterocycles. The Kier molecular flexibility index (Phi) is 4.05. The van der Waals surface area contributed by atoms with E-state index < -0.39 is 11.7 Å². The summed E-state index contributed by atoms with van der Waals surface area (Å²) in [5.41, 5.74) is 12.1. The summed E-state index contributed by atoms with van der Waals surface area (Å²) in [4.78, 5) is 15.3. The van der Waals surface area contributed by atoms with Crippen molar-refractivity contribution in [1.82, 2.24) is 4.98 Å². The van der Waals surface area contributed by atoms with Gasteiger partial charge in [0.2, 0.25) is 0 Å². The zero-order valence-electron chi connectivity index (χ0n) is 10.4. The van der Waals surface area contributed by atoms with Gasteiger partial charge >= 0.3 is 0 Å². The first kappa shape index (κ1) is 14.1. The normalized spacial score (nSPS) is 10.3. The number of nitrogens with zero attached hydrogens (tertiary/aromatic N) is 1. The second-order valence-corrected chi connectivity index (χ2v) is 4.54. The van der Waals surface area contributed by atoms with Crippen LogP contribution in [-0.4, -0.2) is 10.9 Å². The summed E-state index contributed by atoms with van der Waals surface area (Å²) in [5, 5.41) is 2.97. The van der Waals surface area contributed by atoms with Gasteiger partial charge in [-0.05, 0) is 23.8 Å². The van der Waals surface area contributed by atoms with Crippen molar-refractivity contribution in [3.05, 3.63) is 52.4 Å². The number of rotatable bonds is 4. The van der Waals surface area contributed by atoms with E-state index in [4.69, 9.17) is 23.1 Å². The number of nitrogens with two attached hydrogens (primary N) is 2. The fraction of sp³-hybridized carbons (Fsp3) is 0.0769. The van der Waals surface area contributed by atoms with Crippen molar-refractivity contribution in [2.24, 2.45) is 5.73 Å². The molecule has 0 fully saturated rings. The van der Waals surface area contributed by atoms with Gasteiger partial charge in [0.1, 0.15) is 11.6 Å². The number of carbonyl (C=O) groups excluding carboxylic acids is 1. The van der Waals surface area contributed by atoms with E-state index in [0.717, 1.165) is 5.56 Å². The second kappa shape index (κ2) is 5.75. The van der Waals surface area contributed by atoms with Crippen molar-refractivity contribution in [2.75, 3.05) is 11.1 Å². The fourth-order valence-corrected chi connectivity index (χ4v) is 1.85. The maximum absolute atomic E-state index is 13.0. The Balaban J connectivity index is 2.18. The van der Waals surface area contributed by atoms with Crippen molar-refractivity contribution in [3.63, 3.8) is 0 Å². The van der Waals surface area contributed by atoms with Gasteiger partial charge in [-0.25, -0.2) is 9.37 Å². The molecule has 0 radical (unpaired) electrons. The smallest absolute Gasteiger partial charge is 0.252 e. The Morgan fingerprint density at radius 3 is 2.80 bits per heavy atom. The van der Waals surface area contributed by atoms with Crippen LogP contribution >= 0.6 is 11.6 Å². The van der Waals surface area contributed by atoms with Crippen molar-refractivity contribution in [3.8, 4) is 0 Å². The molecule has 5 N–H and O–H groups in total. The maximum Gasteiger partial charge on any atom is 0.252 e. The van der Waals surface area contributed by atoms with Gasteiger partial charge in [0.05, 0.1) is 22.5 Å². The van der Waals surface area contributed by atoms with Gasteiger partial charge < -0.3 is 16.8 Å². The number of amides is 1. The predicted octanol–water partition coefficient (Wildman–Crippen LogP) is 2.17. The molecule has 1 amide bonds. The van der Waals surface area contributed by atoms with Crippen molar-refractivity contribution in [1.29, 1.82) is 0 Å². The standard InChI is InChI=1S/C13H12ClFN4O/c14-10-3-7(1-2-11(10)15)5-18-13-9(12(17)20)4-8(16)6-19-13/h1-4,6H,5,16H2,(H2,17,20)(H,18,19). The number of pyridine rings is 1. The summed E-state index contributed by atoms with van der Waals surface area (Å²) in [6.07, 6.45) is 1.41. The van der Waals surface area contributed by atoms with Gasteiger partial charge in [-0.3, -0.25) is 4.79 Å². The lowest BCUT2D eigenvalue weighted by atomic mass is 10.2. The Morgan fingerprint density at radius 1 is 1.40 bits per heavy atom. The van der Waals surface area contributed by atoms with Crippen molar-refractivity contribution >= 4 is 29.0 Å². The maximum atomic E-state index is 13.0. The largest absolute Gasteiger partial charge is 0.397 e. The lowest BCUT2D eigenvalue weighted by molar-refractivity contribution is 0.100. The minimum Gasteiger partial charge on any atom is -0.397 e. The molecule has 1 aromatic heterocycles. The highest BCUT2D eigenvalue weighted by Crippen LogP contribution is 2.19. The topological polar surface area (TPSA) is 94.0 Å². The second-order valence-electron chi connectivity index (χ2n) is 4.13. The molecular weight excluding hydrogens is 283 g/mol. The number of anilines is 2. The number of aromatic nitrogens is 1. The minimum absolute atomic E-state index is 0.0321. The van der Waals surface area contributed by atoms with Gasteiger partial charge in [0, 0.05) is 6.54 Å². The molecule has 5 nitrogen and oxygen atoms in total. The first-order valence-electron chi connectivity index (χ1n) is 5.70. The first-order chi connectivity index (χ1) is 9.47. The highest BCUT2D eigenvalue weighted by Gasteiger charge is 2.10. The van der Waals surface area contributed by atoms with Crippen LogP contribution in [0.2, 0.25) is 5.02 Å². The first-order valence-corrected chi connectivity index (χ1v) is 6.08. The van der Waals surface area contributed by atoms with Gasteiger partial charge in [0.15, 0.2) is 0 Å². The van der Waals surface area contributed by atoms with Crippen LogP contribution in [0.1, 0.15) is 15.9 Å². The molecule has 2 aromatic rings. The Morgan fingerprint density at radius 2 is 2.15 bits per heavy atom. The van der Waals surface area contributed by atoms with Crippen molar-refractivity contribution < 1.29 is 9.18 Å². The van der Waals surface area contributed by atoms with E-state index in [1.807, 2.05) is 0 Å². The van der Waals surface area contributed by atoms with Crippen LogP contribution < -0.4 is 16.8 Å². The van der Waals surface area contributed by atoms with E-state index in [1.165, 1.54) is 24.4 Å². The van der Waals surface area contributed by atoms with E-state index in [-0.39, 0.29) is 10.6 Å². The van der Waals surface area contributed by atoms with Crippen LogP contribution in [0.5, 0.6) is 0 Å². The third-order valence-corrected chi connectivity index (χ3v) is 2.91. The Bertz CT molecular complexity index is 663. The number of hydrogen-bond donors (Lipinski definition) is 3. The molecular formula is C13H12ClFN4O. The summed E-state index contributed by atoms with van der Waals surface area (Å²) in [5.74, 6) is -0.810. The SMILES string of the molecule is NC(=O)c1cc(N)cnc1NCc1ccc(F)c(Cl)c1. The number of primary amides is 1. The van der Waals surface area contributed by atoms with Crippen LogP contribution in [-0.2, 0) is 6.54 Å². The van der Waals surface area contributed by atoms with Crippen LogP contribution in [0.3, 0.4) is 0 Å². The number of halogens is 2. The molecule has 0 atom stereocenters. The zero-order chi connectivity index (χ0) is 14.7. The van der Waals surface area contributed by atoms with Gasteiger partial charge in [-0.2, -0.15) is 0 Å². The van der Waals surface area contributed by atoms with Gasteiger partial charge in [0.25, 0.3) is 5.91 Å². The summed E-state index contributed by atoms with van der Waals surface area (Å²) in [7, 11) is 0. The Labute approximate surface area is 119 Å². The molecule has 0 aliphatic heterocycles. The van der Waals surface area contributed by atoms with E-state index >= 15 is 0 Å². The molecule has 0 aliphatic rings. The van der Waals surface area contributed by atoms with E-state index in [1.54, 1.807) is 6.07 Å². The molecule has 1 aromatic carbocycles. The number of benzene rings is 1. The van der Waals surface area contributed by atoms with E-state index in [9.17, 15) is 9.18 Å². The highest BCUT2D eigenvalue weighted by atomic mass is 35.5.